The first kappa shape index (κ1) is 27.9. The van der Waals surface area contributed by atoms with Crippen molar-refractivity contribution < 1.29 is 0 Å². The Balaban J connectivity index is 0.999. The maximum absolute atomic E-state index is 2.44. The van der Waals surface area contributed by atoms with Gasteiger partial charge in [0.2, 0.25) is 0 Å². The molecule has 10 aromatic rings. The van der Waals surface area contributed by atoms with Gasteiger partial charge in [-0.2, -0.15) is 0 Å². The quantitative estimate of drug-likeness (QED) is 0.167. The van der Waals surface area contributed by atoms with E-state index in [9.17, 15) is 0 Å². The number of rotatable bonds is 3. The Hall–Kier alpha value is -6.02. The molecule has 0 saturated heterocycles. The molecule has 0 bridgehead atoms. The largest absolute Gasteiger partial charge is 0.135 e. The molecule has 1 aliphatic carbocycles. The lowest BCUT2D eigenvalue weighted by atomic mass is 9.93. The van der Waals surface area contributed by atoms with Crippen molar-refractivity contribution in [3.05, 3.63) is 181 Å². The predicted octanol–water partition coefficient (Wildman–Crippen LogP) is 14.1. The Morgan fingerprint density at radius 2 is 0.760 bits per heavy atom. The molecule has 0 aliphatic heterocycles. The highest BCUT2D eigenvalue weighted by molar-refractivity contribution is 7.26. The van der Waals surface area contributed by atoms with E-state index in [1.165, 1.54) is 108 Å². The van der Waals surface area contributed by atoms with Crippen LogP contribution >= 0.6 is 11.3 Å². The van der Waals surface area contributed by atoms with Crippen LogP contribution in [0.15, 0.2) is 170 Å². The minimum absolute atomic E-state index is 0.997. The van der Waals surface area contributed by atoms with Gasteiger partial charge in [-0.05, 0) is 131 Å². The van der Waals surface area contributed by atoms with E-state index in [0.29, 0.717) is 0 Å². The number of benzene rings is 9. The molecule has 0 unspecified atom stereocenters. The van der Waals surface area contributed by atoms with Gasteiger partial charge in [0.15, 0.2) is 0 Å². The van der Waals surface area contributed by atoms with E-state index < -0.39 is 0 Å². The smallest absolute Gasteiger partial charge is 0.0362 e. The molecular formula is C49H30S. The third-order valence-electron chi connectivity index (χ3n) is 10.9. The summed E-state index contributed by atoms with van der Waals surface area (Å²) in [6.07, 6.45) is 0.997. The average molecular weight is 651 g/mol. The maximum atomic E-state index is 2.44. The van der Waals surface area contributed by atoms with Crippen molar-refractivity contribution in [2.75, 3.05) is 0 Å². The van der Waals surface area contributed by atoms with E-state index in [-0.39, 0.29) is 0 Å². The SMILES string of the molecule is c1ccc(-c2ccc3c(c2)-c2cc(-c4cccc(-c5ccc6c(c5)sc5cc7c8ccccc8c8ccccc8c7cc56)c4)ccc2C3)cc1. The molecule has 0 atom stereocenters. The van der Waals surface area contributed by atoms with Crippen molar-refractivity contribution in [3.63, 3.8) is 0 Å². The van der Waals surface area contributed by atoms with Crippen LogP contribution in [0.2, 0.25) is 0 Å². The molecule has 9 aromatic carbocycles. The molecule has 0 spiro atoms. The lowest BCUT2D eigenvalue weighted by molar-refractivity contribution is 1.26. The zero-order valence-electron chi connectivity index (χ0n) is 27.3. The van der Waals surface area contributed by atoms with Crippen molar-refractivity contribution in [2.45, 2.75) is 6.42 Å². The predicted molar refractivity (Wildman–Crippen MR) is 216 cm³/mol. The monoisotopic (exact) mass is 650 g/mol. The van der Waals surface area contributed by atoms with Gasteiger partial charge in [-0.1, -0.05) is 133 Å². The second-order valence-corrected chi connectivity index (χ2v) is 14.7. The van der Waals surface area contributed by atoms with Crippen molar-refractivity contribution in [2.24, 2.45) is 0 Å². The Morgan fingerprint density at radius 1 is 0.280 bits per heavy atom. The number of hydrogen-bond acceptors (Lipinski definition) is 1. The summed E-state index contributed by atoms with van der Waals surface area (Å²) in [4.78, 5) is 0. The van der Waals surface area contributed by atoms with Crippen LogP contribution in [0.1, 0.15) is 11.1 Å². The number of thiophene rings is 1. The molecule has 1 aliphatic rings. The number of hydrogen-bond donors (Lipinski definition) is 0. The first-order valence-corrected chi connectivity index (χ1v) is 18.2. The van der Waals surface area contributed by atoms with Crippen molar-refractivity contribution in [3.8, 4) is 44.5 Å². The molecule has 0 N–H and O–H groups in total. The minimum atomic E-state index is 0.997. The molecule has 0 fully saturated rings. The lowest BCUT2D eigenvalue weighted by Gasteiger charge is -2.10. The van der Waals surface area contributed by atoms with Crippen LogP contribution in [-0.2, 0) is 6.42 Å². The fourth-order valence-corrected chi connectivity index (χ4v) is 9.56. The van der Waals surface area contributed by atoms with Crippen LogP contribution < -0.4 is 0 Å². The van der Waals surface area contributed by atoms with Crippen molar-refractivity contribution >= 4 is 63.8 Å². The summed E-state index contributed by atoms with van der Waals surface area (Å²) >= 11 is 1.91. The van der Waals surface area contributed by atoms with Gasteiger partial charge in [0, 0.05) is 20.2 Å². The molecule has 0 nitrogen and oxygen atoms in total. The Labute approximate surface area is 294 Å². The first-order valence-electron chi connectivity index (χ1n) is 17.4. The summed E-state index contributed by atoms with van der Waals surface area (Å²) in [7, 11) is 0. The van der Waals surface area contributed by atoms with Gasteiger partial charge in [-0.15, -0.1) is 11.3 Å². The molecule has 0 radical (unpaired) electrons. The van der Waals surface area contributed by atoms with Crippen molar-refractivity contribution in [1.29, 1.82) is 0 Å². The summed E-state index contributed by atoms with van der Waals surface area (Å²) in [5.74, 6) is 0. The molecular weight excluding hydrogens is 621 g/mol. The minimum Gasteiger partial charge on any atom is -0.135 e. The Bertz CT molecular complexity index is 3000. The maximum Gasteiger partial charge on any atom is 0.0362 e. The summed E-state index contributed by atoms with van der Waals surface area (Å²) in [5.41, 5.74) is 13.1. The normalized spacial score (nSPS) is 12.3. The highest BCUT2D eigenvalue weighted by Crippen LogP contribution is 2.44. The topological polar surface area (TPSA) is 0 Å². The molecule has 11 rings (SSSR count). The van der Waals surface area contributed by atoms with Crippen LogP contribution in [0.5, 0.6) is 0 Å². The van der Waals surface area contributed by atoms with E-state index in [4.69, 9.17) is 0 Å². The second kappa shape index (κ2) is 10.7. The van der Waals surface area contributed by atoms with Gasteiger partial charge in [0.1, 0.15) is 0 Å². The van der Waals surface area contributed by atoms with Gasteiger partial charge < -0.3 is 0 Å². The molecule has 1 aromatic heterocycles. The zero-order chi connectivity index (χ0) is 32.8. The van der Waals surface area contributed by atoms with E-state index in [1.54, 1.807) is 0 Å². The molecule has 232 valence electrons. The third kappa shape index (κ3) is 4.24. The summed E-state index contributed by atoms with van der Waals surface area (Å²) < 4.78 is 2.67. The van der Waals surface area contributed by atoms with Gasteiger partial charge in [-0.3, -0.25) is 0 Å². The van der Waals surface area contributed by atoms with Crippen LogP contribution in [-0.4, -0.2) is 0 Å². The van der Waals surface area contributed by atoms with Gasteiger partial charge in [0.05, 0.1) is 0 Å². The molecule has 1 heteroatoms. The van der Waals surface area contributed by atoms with Crippen molar-refractivity contribution in [1.82, 2.24) is 0 Å². The molecule has 1 heterocycles. The molecule has 0 saturated carbocycles. The van der Waals surface area contributed by atoms with Gasteiger partial charge in [0.25, 0.3) is 0 Å². The van der Waals surface area contributed by atoms with E-state index in [0.717, 1.165) is 6.42 Å². The van der Waals surface area contributed by atoms with E-state index in [1.807, 2.05) is 11.3 Å². The van der Waals surface area contributed by atoms with E-state index in [2.05, 4.69) is 170 Å². The summed E-state index contributed by atoms with van der Waals surface area (Å²) in [5, 5.41) is 10.6. The van der Waals surface area contributed by atoms with Crippen LogP contribution in [0, 0.1) is 0 Å². The highest BCUT2D eigenvalue weighted by atomic mass is 32.1. The first-order chi connectivity index (χ1) is 24.7. The average Bonchev–Trinajstić information content (AvgIpc) is 3.74. The van der Waals surface area contributed by atoms with Crippen LogP contribution in [0.3, 0.4) is 0 Å². The summed E-state index contributed by atoms with van der Waals surface area (Å²) in [6.45, 7) is 0. The molecule has 50 heavy (non-hydrogen) atoms. The third-order valence-corrected chi connectivity index (χ3v) is 12.0. The lowest BCUT2D eigenvalue weighted by Crippen LogP contribution is -1.85. The Kier molecular flexibility index (Phi) is 5.99. The fourth-order valence-electron chi connectivity index (χ4n) is 8.39. The van der Waals surface area contributed by atoms with Crippen LogP contribution in [0.25, 0.3) is 97.0 Å². The highest BCUT2D eigenvalue weighted by Gasteiger charge is 2.20. The van der Waals surface area contributed by atoms with E-state index >= 15 is 0 Å². The Morgan fingerprint density at radius 3 is 1.42 bits per heavy atom. The summed E-state index contributed by atoms with van der Waals surface area (Å²) in [6, 6.07) is 63.4. The van der Waals surface area contributed by atoms with Gasteiger partial charge >= 0.3 is 0 Å². The fraction of sp³-hybridized carbons (Fsp3) is 0.0204. The zero-order valence-corrected chi connectivity index (χ0v) is 28.1. The standard InChI is InChI=1S/C49H30S/c1-2-9-30(10-3-1)33-17-19-36-24-37-20-18-34(26-44(37)43(36)25-33)31-11-8-12-32(23-31)35-21-22-42-47-28-45-40-15-6-4-13-38(40)39-14-5-7-16-41(39)46(45)29-49(47)50-48(42)27-35/h1-23,25-29H,24H2. The second-order valence-electron chi connectivity index (χ2n) is 13.7. The van der Waals surface area contributed by atoms with Gasteiger partial charge in [-0.25, -0.2) is 0 Å². The van der Waals surface area contributed by atoms with Crippen LogP contribution in [0.4, 0.5) is 0 Å². The number of fused-ring (bicyclic) bond motifs is 12. The molecule has 0 amide bonds.